The van der Waals surface area contributed by atoms with E-state index in [2.05, 4.69) is 15.2 Å². The first kappa shape index (κ1) is 13.7. The number of carbonyl (C=O) groups is 1. The van der Waals surface area contributed by atoms with Crippen molar-refractivity contribution >= 4 is 28.6 Å². The summed E-state index contributed by atoms with van der Waals surface area (Å²) in [6, 6.07) is 7.95. The van der Waals surface area contributed by atoms with Crippen LogP contribution in [-0.4, -0.2) is 31.5 Å². The second-order valence-corrected chi connectivity index (χ2v) is 5.40. The van der Waals surface area contributed by atoms with Crippen LogP contribution in [0.25, 0.3) is 22.3 Å². The van der Waals surface area contributed by atoms with E-state index in [4.69, 9.17) is 0 Å². The third-order valence-corrected chi connectivity index (χ3v) is 4.12. The molecule has 0 aliphatic rings. The number of fused-ring (bicyclic) bond motifs is 1. The van der Waals surface area contributed by atoms with Crippen molar-refractivity contribution in [2.45, 2.75) is 18.6 Å². The molecule has 0 atom stereocenters. The van der Waals surface area contributed by atoms with E-state index in [9.17, 15) is 9.90 Å². The lowest BCUT2D eigenvalue weighted by Crippen LogP contribution is -2.24. The number of benzene rings is 1. The molecule has 0 saturated carbocycles. The molecule has 2 aromatic heterocycles. The Morgan fingerprint density at radius 3 is 2.95 bits per heavy atom. The third kappa shape index (κ3) is 2.52. The predicted octanol–water partition coefficient (Wildman–Crippen LogP) is 1.29. The topological polar surface area (TPSA) is 86.6 Å². The quantitative estimate of drug-likeness (QED) is 0.718. The lowest BCUT2D eigenvalue weighted by atomic mass is 10.1. The number of carbonyl (C=O) groups excluding carboxylic acids is 1. The van der Waals surface area contributed by atoms with Crippen LogP contribution in [-0.2, 0) is 11.3 Å². The van der Waals surface area contributed by atoms with Gasteiger partial charge in [0, 0.05) is 35.0 Å². The van der Waals surface area contributed by atoms with Crippen LogP contribution in [0.1, 0.15) is 6.92 Å². The number of para-hydroxylation sites is 1. The minimum absolute atomic E-state index is 0.133. The number of nitrogens with one attached hydrogen (secondary N) is 1. The number of thioether (sulfide) groups is 1. The van der Waals surface area contributed by atoms with Gasteiger partial charge in [-0.3, -0.25) is 0 Å². The predicted molar refractivity (Wildman–Crippen MR) is 78.7 cm³/mol. The van der Waals surface area contributed by atoms with E-state index in [1.54, 1.807) is 0 Å². The Kier molecular flexibility index (Phi) is 3.66. The number of carboxylic acid groups (broad SMARTS) is 1. The average molecular weight is 301 g/mol. The van der Waals surface area contributed by atoms with Crippen molar-refractivity contribution in [2.75, 3.05) is 5.75 Å². The molecule has 0 aliphatic carbocycles. The third-order valence-electron chi connectivity index (χ3n) is 3.18. The summed E-state index contributed by atoms with van der Waals surface area (Å²) < 4.78 is 1.91. The van der Waals surface area contributed by atoms with E-state index in [1.165, 1.54) is 0 Å². The molecule has 0 fully saturated rings. The Morgan fingerprint density at radius 2 is 2.19 bits per heavy atom. The van der Waals surface area contributed by atoms with E-state index in [0.717, 1.165) is 34.1 Å². The van der Waals surface area contributed by atoms with Crippen LogP contribution in [0.4, 0.5) is 0 Å². The summed E-state index contributed by atoms with van der Waals surface area (Å²) >= 11 is 1.12. The van der Waals surface area contributed by atoms with E-state index in [0.29, 0.717) is 11.7 Å². The number of aliphatic carboxylic acids is 1. The van der Waals surface area contributed by atoms with Crippen molar-refractivity contribution in [2.24, 2.45) is 0 Å². The van der Waals surface area contributed by atoms with Crippen LogP contribution < -0.4 is 5.11 Å². The lowest BCUT2D eigenvalue weighted by molar-refractivity contribution is -0.301. The van der Waals surface area contributed by atoms with Crippen molar-refractivity contribution in [1.82, 2.24) is 19.7 Å². The molecule has 0 bridgehead atoms. The van der Waals surface area contributed by atoms with Crippen molar-refractivity contribution in [1.29, 1.82) is 0 Å². The van der Waals surface area contributed by atoms with Gasteiger partial charge in [-0.1, -0.05) is 30.0 Å². The lowest BCUT2D eigenvalue weighted by Gasteiger charge is -2.06. The second kappa shape index (κ2) is 5.61. The normalized spacial score (nSPS) is 11.1. The minimum Gasteiger partial charge on any atom is -0.549 e. The molecular formula is C14H13N4O2S-. The zero-order valence-corrected chi connectivity index (χ0v) is 12.2. The van der Waals surface area contributed by atoms with Gasteiger partial charge in [-0.2, -0.15) is 0 Å². The SMILES string of the molecule is CCn1c(SCC(=O)[O-])nnc1-c1c[nH]c2ccccc12. The van der Waals surface area contributed by atoms with E-state index in [-0.39, 0.29) is 5.75 Å². The Labute approximate surface area is 125 Å². The van der Waals surface area contributed by atoms with Gasteiger partial charge in [0.1, 0.15) is 0 Å². The Bertz CT molecular complexity index is 793. The summed E-state index contributed by atoms with van der Waals surface area (Å²) in [5.74, 6) is -0.512. The summed E-state index contributed by atoms with van der Waals surface area (Å²) in [6.07, 6.45) is 1.90. The molecule has 7 heteroatoms. The Morgan fingerprint density at radius 1 is 1.38 bits per heavy atom. The van der Waals surface area contributed by atoms with Gasteiger partial charge >= 0.3 is 0 Å². The fourth-order valence-corrected chi connectivity index (χ4v) is 2.98. The highest BCUT2D eigenvalue weighted by molar-refractivity contribution is 7.99. The van der Waals surface area contributed by atoms with Crippen molar-refractivity contribution in [3.63, 3.8) is 0 Å². The molecule has 3 rings (SSSR count). The van der Waals surface area contributed by atoms with Crippen LogP contribution in [0, 0.1) is 0 Å². The molecule has 0 aliphatic heterocycles. The van der Waals surface area contributed by atoms with Gasteiger partial charge in [-0.05, 0) is 13.0 Å². The summed E-state index contributed by atoms with van der Waals surface area (Å²) in [5, 5.41) is 20.5. The molecular weight excluding hydrogens is 288 g/mol. The molecule has 2 heterocycles. The number of rotatable bonds is 5. The van der Waals surface area contributed by atoms with Gasteiger partial charge in [-0.15, -0.1) is 10.2 Å². The number of carboxylic acids is 1. The number of H-pyrrole nitrogens is 1. The fraction of sp³-hybridized carbons (Fsp3) is 0.214. The van der Waals surface area contributed by atoms with Gasteiger partial charge in [0.15, 0.2) is 11.0 Å². The Balaban J connectivity index is 2.04. The molecule has 0 radical (unpaired) electrons. The zero-order chi connectivity index (χ0) is 14.8. The number of hydrogen-bond donors (Lipinski definition) is 1. The standard InChI is InChI=1S/C14H14N4O2S/c1-2-18-13(16-17-14(18)21-8-12(19)20)10-7-15-11-6-4-3-5-9(10)11/h3-7,15H,2,8H2,1H3,(H,19,20)/p-1. The number of aromatic amines is 1. The highest BCUT2D eigenvalue weighted by Crippen LogP contribution is 2.29. The molecule has 0 spiro atoms. The maximum Gasteiger partial charge on any atom is 0.191 e. The number of nitrogens with zero attached hydrogens (tertiary/aromatic N) is 3. The van der Waals surface area contributed by atoms with Gasteiger partial charge in [0.05, 0.1) is 5.97 Å². The molecule has 0 saturated heterocycles. The second-order valence-electron chi connectivity index (χ2n) is 4.46. The van der Waals surface area contributed by atoms with Crippen LogP contribution in [0.15, 0.2) is 35.6 Å². The summed E-state index contributed by atoms with van der Waals surface area (Å²) in [7, 11) is 0. The van der Waals surface area contributed by atoms with Gasteiger partial charge in [0.2, 0.25) is 0 Å². The minimum atomic E-state index is -1.11. The molecule has 0 amide bonds. The van der Waals surface area contributed by atoms with E-state index in [1.807, 2.05) is 42.0 Å². The zero-order valence-electron chi connectivity index (χ0n) is 11.4. The van der Waals surface area contributed by atoms with Crippen molar-refractivity contribution in [3.05, 3.63) is 30.5 Å². The van der Waals surface area contributed by atoms with Crippen LogP contribution in [0.5, 0.6) is 0 Å². The van der Waals surface area contributed by atoms with E-state index >= 15 is 0 Å². The first-order valence-electron chi connectivity index (χ1n) is 6.53. The Hall–Kier alpha value is -2.28. The molecule has 1 aromatic carbocycles. The molecule has 3 aromatic rings. The van der Waals surface area contributed by atoms with Crippen LogP contribution in [0.3, 0.4) is 0 Å². The summed E-state index contributed by atoms with van der Waals surface area (Å²) in [5.41, 5.74) is 1.99. The molecule has 1 N–H and O–H groups in total. The average Bonchev–Trinajstić information content (AvgIpc) is 3.08. The molecule has 6 nitrogen and oxygen atoms in total. The molecule has 21 heavy (non-hydrogen) atoms. The monoisotopic (exact) mass is 301 g/mol. The number of hydrogen-bond acceptors (Lipinski definition) is 5. The highest BCUT2D eigenvalue weighted by atomic mass is 32.2. The summed E-state index contributed by atoms with van der Waals surface area (Å²) in [6.45, 7) is 2.64. The maximum atomic E-state index is 10.6. The van der Waals surface area contributed by atoms with Crippen molar-refractivity contribution in [3.8, 4) is 11.4 Å². The van der Waals surface area contributed by atoms with Crippen molar-refractivity contribution < 1.29 is 9.90 Å². The molecule has 0 unspecified atom stereocenters. The smallest absolute Gasteiger partial charge is 0.191 e. The molecule has 108 valence electrons. The van der Waals surface area contributed by atoms with Gasteiger partial charge in [0.25, 0.3) is 0 Å². The van der Waals surface area contributed by atoms with Crippen LogP contribution in [0.2, 0.25) is 0 Å². The first-order chi connectivity index (χ1) is 10.2. The van der Waals surface area contributed by atoms with Gasteiger partial charge < -0.3 is 19.5 Å². The largest absolute Gasteiger partial charge is 0.549 e. The maximum absolute atomic E-state index is 10.6. The number of aromatic nitrogens is 4. The summed E-state index contributed by atoms with van der Waals surface area (Å²) in [4.78, 5) is 13.8. The van der Waals surface area contributed by atoms with Crippen LogP contribution >= 0.6 is 11.8 Å². The fourth-order valence-electron chi connectivity index (χ4n) is 2.26. The van der Waals surface area contributed by atoms with Gasteiger partial charge in [-0.25, -0.2) is 0 Å². The first-order valence-corrected chi connectivity index (χ1v) is 7.51. The highest BCUT2D eigenvalue weighted by Gasteiger charge is 2.16. The van der Waals surface area contributed by atoms with E-state index < -0.39 is 5.97 Å².